The minimum Gasteiger partial charge on any atom is -0.468 e. The van der Waals surface area contributed by atoms with Gasteiger partial charge in [0, 0.05) is 17.2 Å². The van der Waals surface area contributed by atoms with Gasteiger partial charge in [0.2, 0.25) is 5.91 Å². The topological polar surface area (TPSA) is 89.7 Å². The van der Waals surface area contributed by atoms with Gasteiger partial charge in [-0.15, -0.1) is 0 Å². The van der Waals surface area contributed by atoms with Crippen molar-refractivity contribution in [1.82, 2.24) is 4.90 Å². The number of carbonyl (C=O) groups is 3. The molecule has 2 amide bonds. The Kier molecular flexibility index (Phi) is 5.25. The lowest BCUT2D eigenvalue weighted by Crippen LogP contribution is -2.41. The van der Waals surface area contributed by atoms with Crippen molar-refractivity contribution in [2.75, 3.05) is 13.7 Å². The number of rotatable bonds is 5. The van der Waals surface area contributed by atoms with E-state index in [-0.39, 0.29) is 24.1 Å². The minimum absolute atomic E-state index is 0.145. The second-order valence-electron chi connectivity index (χ2n) is 4.55. The minimum atomic E-state index is -0.608. The van der Waals surface area contributed by atoms with Crippen LogP contribution in [-0.4, -0.2) is 42.4 Å². The lowest BCUT2D eigenvalue weighted by molar-refractivity contribution is -0.141. The van der Waals surface area contributed by atoms with E-state index in [9.17, 15) is 14.4 Å². The summed E-state index contributed by atoms with van der Waals surface area (Å²) in [5.41, 5.74) is 5.74. The van der Waals surface area contributed by atoms with Crippen LogP contribution in [-0.2, 0) is 9.53 Å². The monoisotopic (exact) mass is 278 g/mol. The van der Waals surface area contributed by atoms with Gasteiger partial charge >= 0.3 is 5.97 Å². The molecule has 0 saturated heterocycles. The van der Waals surface area contributed by atoms with E-state index in [1.165, 1.54) is 24.1 Å². The zero-order chi connectivity index (χ0) is 15.3. The van der Waals surface area contributed by atoms with E-state index in [4.69, 9.17) is 5.73 Å². The highest BCUT2D eigenvalue weighted by Gasteiger charge is 2.22. The fraction of sp³-hybridized carbons (Fsp3) is 0.357. The van der Waals surface area contributed by atoms with Gasteiger partial charge in [-0.05, 0) is 32.0 Å². The number of hydrogen-bond donors (Lipinski definition) is 1. The van der Waals surface area contributed by atoms with Crippen molar-refractivity contribution in [3.63, 3.8) is 0 Å². The summed E-state index contributed by atoms with van der Waals surface area (Å²) >= 11 is 0. The Balaban J connectivity index is 3.03. The number of hydrogen-bond acceptors (Lipinski definition) is 4. The molecule has 0 aliphatic heterocycles. The number of benzene rings is 1. The van der Waals surface area contributed by atoms with Crippen molar-refractivity contribution in [2.45, 2.75) is 19.9 Å². The smallest absolute Gasteiger partial charge is 0.325 e. The second-order valence-corrected chi connectivity index (χ2v) is 4.55. The molecule has 0 aromatic heterocycles. The highest BCUT2D eigenvalue weighted by molar-refractivity contribution is 6.00. The number of amides is 2. The van der Waals surface area contributed by atoms with Crippen LogP contribution in [0, 0.1) is 0 Å². The molecule has 20 heavy (non-hydrogen) atoms. The van der Waals surface area contributed by atoms with Gasteiger partial charge in [0.05, 0.1) is 7.11 Å². The van der Waals surface area contributed by atoms with E-state index in [0.717, 1.165) is 0 Å². The molecule has 1 aromatic carbocycles. The summed E-state index contributed by atoms with van der Waals surface area (Å²) in [5.74, 6) is -1.46. The van der Waals surface area contributed by atoms with Crippen LogP contribution in [0.15, 0.2) is 24.3 Å². The number of nitrogens with two attached hydrogens (primary N) is 1. The molecule has 0 heterocycles. The van der Waals surface area contributed by atoms with Crippen molar-refractivity contribution >= 4 is 17.8 Å². The molecule has 1 rings (SSSR count). The lowest BCUT2D eigenvalue weighted by atomic mass is 10.1. The van der Waals surface area contributed by atoms with Crippen LogP contribution in [0.4, 0.5) is 0 Å². The van der Waals surface area contributed by atoms with Crippen molar-refractivity contribution in [2.24, 2.45) is 5.73 Å². The molecule has 6 nitrogen and oxygen atoms in total. The van der Waals surface area contributed by atoms with Gasteiger partial charge in [-0.2, -0.15) is 0 Å². The molecule has 0 aliphatic carbocycles. The average molecular weight is 278 g/mol. The molecule has 0 spiro atoms. The van der Waals surface area contributed by atoms with Gasteiger partial charge in [0.1, 0.15) is 6.54 Å². The zero-order valence-electron chi connectivity index (χ0n) is 11.8. The normalized spacial score (nSPS) is 10.2. The number of carbonyl (C=O) groups excluding carboxylic acids is 3. The van der Waals surface area contributed by atoms with Crippen molar-refractivity contribution in [3.05, 3.63) is 35.4 Å². The maximum atomic E-state index is 12.4. The summed E-state index contributed by atoms with van der Waals surface area (Å²) in [4.78, 5) is 36.2. The van der Waals surface area contributed by atoms with E-state index >= 15 is 0 Å². The number of methoxy groups -OCH3 is 1. The van der Waals surface area contributed by atoms with Crippen molar-refractivity contribution in [1.29, 1.82) is 0 Å². The Morgan fingerprint density at radius 3 is 2.35 bits per heavy atom. The quantitative estimate of drug-likeness (QED) is 0.807. The van der Waals surface area contributed by atoms with Crippen LogP contribution in [0.1, 0.15) is 34.6 Å². The van der Waals surface area contributed by atoms with Gasteiger partial charge in [-0.25, -0.2) is 0 Å². The largest absolute Gasteiger partial charge is 0.468 e. The number of primary amides is 1. The van der Waals surface area contributed by atoms with Gasteiger partial charge in [0.15, 0.2) is 0 Å². The molecule has 2 N–H and O–H groups in total. The molecule has 0 radical (unpaired) electrons. The maximum Gasteiger partial charge on any atom is 0.325 e. The van der Waals surface area contributed by atoms with E-state index in [0.29, 0.717) is 5.56 Å². The molecular formula is C14H18N2O4. The fourth-order valence-corrected chi connectivity index (χ4v) is 1.66. The lowest BCUT2D eigenvalue weighted by Gasteiger charge is -2.25. The molecule has 0 aliphatic rings. The third-order valence-electron chi connectivity index (χ3n) is 2.81. The van der Waals surface area contributed by atoms with Crippen LogP contribution in [0.3, 0.4) is 0 Å². The number of nitrogens with zero attached hydrogens (tertiary/aromatic N) is 1. The standard InChI is InChI=1S/C14H18N2O4/c1-9(2)16(8-12(17)20-3)14(19)11-6-4-5-10(7-11)13(15)18/h4-7,9H,8H2,1-3H3,(H2,15,18). The van der Waals surface area contributed by atoms with Gasteiger partial charge < -0.3 is 15.4 Å². The molecule has 6 heteroatoms. The molecule has 0 atom stereocenters. The number of esters is 1. The molecule has 0 bridgehead atoms. The summed E-state index contributed by atoms with van der Waals surface area (Å²) in [6.45, 7) is 3.44. The highest BCUT2D eigenvalue weighted by Crippen LogP contribution is 2.11. The Morgan fingerprint density at radius 1 is 1.25 bits per heavy atom. The number of ether oxygens (including phenoxy) is 1. The average Bonchev–Trinajstić information content (AvgIpc) is 2.43. The first-order valence-corrected chi connectivity index (χ1v) is 6.14. The molecular weight excluding hydrogens is 260 g/mol. The molecule has 0 saturated carbocycles. The molecule has 1 aromatic rings. The third kappa shape index (κ3) is 3.81. The first-order chi connectivity index (χ1) is 9.36. The second kappa shape index (κ2) is 6.70. The van der Waals surface area contributed by atoms with Crippen LogP contribution >= 0.6 is 0 Å². The third-order valence-corrected chi connectivity index (χ3v) is 2.81. The van der Waals surface area contributed by atoms with Crippen LogP contribution < -0.4 is 5.73 Å². The summed E-state index contributed by atoms with van der Waals surface area (Å²) in [5, 5.41) is 0. The predicted molar refractivity (Wildman–Crippen MR) is 73.1 cm³/mol. The Hall–Kier alpha value is -2.37. The predicted octanol–water partition coefficient (Wildman–Crippen LogP) is 0.809. The summed E-state index contributed by atoms with van der Waals surface area (Å²) in [6.07, 6.45) is 0. The van der Waals surface area contributed by atoms with Crippen LogP contribution in [0.25, 0.3) is 0 Å². The molecule has 0 unspecified atom stereocenters. The molecule has 108 valence electrons. The Morgan fingerprint density at radius 2 is 1.85 bits per heavy atom. The van der Waals surface area contributed by atoms with E-state index in [1.807, 2.05) is 0 Å². The Bertz CT molecular complexity index is 526. The first kappa shape index (κ1) is 15.7. The zero-order valence-corrected chi connectivity index (χ0v) is 11.8. The van der Waals surface area contributed by atoms with E-state index < -0.39 is 11.9 Å². The SMILES string of the molecule is COC(=O)CN(C(=O)c1cccc(C(N)=O)c1)C(C)C. The van der Waals surface area contributed by atoms with Gasteiger partial charge in [-0.1, -0.05) is 6.07 Å². The Labute approximate surface area is 117 Å². The van der Waals surface area contributed by atoms with Gasteiger partial charge in [0.25, 0.3) is 5.91 Å². The van der Waals surface area contributed by atoms with Crippen LogP contribution in [0.5, 0.6) is 0 Å². The van der Waals surface area contributed by atoms with E-state index in [2.05, 4.69) is 4.74 Å². The summed E-state index contributed by atoms with van der Waals surface area (Å²) in [7, 11) is 1.26. The van der Waals surface area contributed by atoms with E-state index in [1.54, 1.807) is 26.0 Å². The van der Waals surface area contributed by atoms with Crippen LogP contribution in [0.2, 0.25) is 0 Å². The fourth-order valence-electron chi connectivity index (χ4n) is 1.66. The van der Waals surface area contributed by atoms with Gasteiger partial charge in [-0.3, -0.25) is 14.4 Å². The van der Waals surface area contributed by atoms with Crippen molar-refractivity contribution in [3.8, 4) is 0 Å². The summed E-state index contributed by atoms with van der Waals surface area (Å²) < 4.78 is 4.57. The summed E-state index contributed by atoms with van der Waals surface area (Å²) in [6, 6.07) is 5.90. The highest BCUT2D eigenvalue weighted by atomic mass is 16.5. The van der Waals surface area contributed by atoms with Crippen molar-refractivity contribution < 1.29 is 19.1 Å². The molecule has 0 fully saturated rings. The maximum absolute atomic E-state index is 12.4. The first-order valence-electron chi connectivity index (χ1n) is 6.14.